The third-order valence-corrected chi connectivity index (χ3v) is 7.50. The highest BCUT2D eigenvalue weighted by molar-refractivity contribution is 9.10. The van der Waals surface area contributed by atoms with Gasteiger partial charge in [-0.1, -0.05) is 42.6 Å². The van der Waals surface area contributed by atoms with Crippen molar-refractivity contribution in [3.8, 4) is 0 Å². The van der Waals surface area contributed by atoms with Gasteiger partial charge in [-0.3, -0.25) is 0 Å². The monoisotopic (exact) mass is 489 g/mol. The molecule has 2 aromatic heterocycles. The number of piperidine rings is 1. The number of hydrogen-bond acceptors (Lipinski definition) is 6. The van der Waals surface area contributed by atoms with Gasteiger partial charge in [-0.2, -0.15) is 4.52 Å². The molecule has 0 radical (unpaired) electrons. The van der Waals surface area contributed by atoms with E-state index in [2.05, 4.69) is 31.2 Å². The molecule has 1 fully saturated rings. The first-order chi connectivity index (χ1) is 14.4. The van der Waals surface area contributed by atoms with Crippen molar-refractivity contribution in [1.82, 2.24) is 19.8 Å². The summed E-state index contributed by atoms with van der Waals surface area (Å²) in [5.74, 6) is 0.625. The Hall–Kier alpha value is -2.43. The Morgan fingerprint density at radius 3 is 2.53 bits per heavy atom. The van der Waals surface area contributed by atoms with E-state index in [4.69, 9.17) is 0 Å². The maximum atomic E-state index is 13.7. The van der Waals surface area contributed by atoms with E-state index in [1.807, 2.05) is 29.2 Å². The minimum absolute atomic E-state index is 0.114. The summed E-state index contributed by atoms with van der Waals surface area (Å²) in [7, 11) is -3.92. The van der Waals surface area contributed by atoms with Gasteiger partial charge in [0.1, 0.15) is 22.2 Å². The van der Waals surface area contributed by atoms with Crippen molar-refractivity contribution in [1.29, 1.82) is 0 Å². The van der Waals surface area contributed by atoms with Crippen LogP contribution in [0, 0.1) is 0 Å². The molecule has 30 heavy (non-hydrogen) atoms. The first-order valence-corrected chi connectivity index (χ1v) is 11.8. The number of fused-ring (bicyclic) bond motifs is 3. The fourth-order valence-electron chi connectivity index (χ4n) is 3.73. The number of hydrogen-bond donors (Lipinski definition) is 0. The SMILES string of the molecule is O=[S+]([O-])(c1ccc(Br)cc1)c1nnn2c1nc(N1CCC(F)CC1)c1ccccc12. The molecule has 0 aliphatic carbocycles. The molecular formula is C20H17BrFN5O2S. The van der Waals surface area contributed by atoms with Crippen molar-refractivity contribution in [2.24, 2.45) is 0 Å². The number of halogens is 2. The number of aromatic nitrogens is 4. The first-order valence-electron chi connectivity index (χ1n) is 9.49. The van der Waals surface area contributed by atoms with Crippen molar-refractivity contribution >= 4 is 48.5 Å². The lowest BCUT2D eigenvalue weighted by molar-refractivity contribution is 0.277. The first kappa shape index (κ1) is 19.5. The molecule has 5 rings (SSSR count). The number of rotatable bonds is 3. The zero-order chi connectivity index (χ0) is 20.9. The van der Waals surface area contributed by atoms with Crippen LogP contribution in [0.15, 0.2) is 62.9 Å². The van der Waals surface area contributed by atoms with Crippen molar-refractivity contribution < 1.29 is 13.2 Å². The Labute approximate surface area is 181 Å². The van der Waals surface area contributed by atoms with Gasteiger partial charge < -0.3 is 9.45 Å². The van der Waals surface area contributed by atoms with Crippen LogP contribution in [-0.4, -0.2) is 43.6 Å². The summed E-state index contributed by atoms with van der Waals surface area (Å²) in [5.41, 5.74) is 0.860. The van der Waals surface area contributed by atoms with Gasteiger partial charge in [0.25, 0.3) is 0 Å². The highest BCUT2D eigenvalue weighted by atomic mass is 79.9. The summed E-state index contributed by atoms with van der Waals surface area (Å²) < 4.78 is 42.4. The molecule has 0 bridgehead atoms. The topological polar surface area (TPSA) is 86.4 Å². The summed E-state index contributed by atoms with van der Waals surface area (Å²) in [6.07, 6.45) is 0.0205. The van der Waals surface area contributed by atoms with Crippen molar-refractivity contribution in [2.45, 2.75) is 28.9 Å². The summed E-state index contributed by atoms with van der Waals surface area (Å²) in [6.45, 7) is 1.04. The number of benzene rings is 2. The van der Waals surface area contributed by atoms with Gasteiger partial charge in [0, 0.05) is 22.9 Å². The number of para-hydroxylation sites is 1. The van der Waals surface area contributed by atoms with Gasteiger partial charge in [-0.15, -0.1) is 0 Å². The number of alkyl halides is 1. The molecule has 1 aliphatic rings. The number of anilines is 1. The molecular weight excluding hydrogens is 473 g/mol. The molecule has 154 valence electrons. The fourth-order valence-corrected chi connectivity index (χ4v) is 5.23. The van der Waals surface area contributed by atoms with Gasteiger partial charge in [-0.05, 0) is 49.2 Å². The Balaban J connectivity index is 1.72. The molecule has 0 amide bonds. The molecule has 1 saturated heterocycles. The smallest absolute Gasteiger partial charge is 0.317 e. The van der Waals surface area contributed by atoms with Gasteiger partial charge in [-0.25, -0.2) is 9.37 Å². The molecule has 2 aromatic carbocycles. The summed E-state index contributed by atoms with van der Waals surface area (Å²) >= 11 is 3.31. The van der Waals surface area contributed by atoms with Crippen LogP contribution in [-0.2, 0) is 14.4 Å². The van der Waals surface area contributed by atoms with Crippen LogP contribution in [0.3, 0.4) is 0 Å². The van der Waals surface area contributed by atoms with Crippen molar-refractivity contribution in [3.05, 3.63) is 53.0 Å². The van der Waals surface area contributed by atoms with Gasteiger partial charge in [0.2, 0.25) is 5.65 Å². The van der Waals surface area contributed by atoms with E-state index >= 15 is 0 Å². The molecule has 1 atom stereocenters. The molecule has 4 aromatic rings. The fraction of sp³-hybridized carbons (Fsp3) is 0.250. The lowest BCUT2D eigenvalue weighted by Gasteiger charge is -2.30. The highest BCUT2D eigenvalue weighted by Crippen LogP contribution is 2.33. The normalized spacial score (nSPS) is 17.5. The molecule has 10 heteroatoms. The minimum Gasteiger partial charge on any atom is -0.604 e. The van der Waals surface area contributed by atoms with Crippen LogP contribution in [0.4, 0.5) is 10.2 Å². The molecule has 1 unspecified atom stereocenters. The van der Waals surface area contributed by atoms with Gasteiger partial charge in [0.05, 0.1) is 5.52 Å². The van der Waals surface area contributed by atoms with Crippen LogP contribution >= 0.6 is 15.9 Å². The Morgan fingerprint density at radius 2 is 1.80 bits per heavy atom. The molecule has 0 spiro atoms. The standard InChI is InChI=1S/C20H17BrFN5O2S/c21-13-5-7-15(8-6-13)30(28,29)20-19-23-18(26-11-9-14(22)10-12-26)16-3-1-2-4-17(16)27(19)25-24-20/h1-8,14H,9-12H2. The van der Waals surface area contributed by atoms with Crippen molar-refractivity contribution in [3.63, 3.8) is 0 Å². The quantitative estimate of drug-likeness (QED) is 0.403. The second-order valence-electron chi connectivity index (χ2n) is 7.20. The minimum atomic E-state index is -3.92. The van der Waals surface area contributed by atoms with Crippen LogP contribution < -0.4 is 4.90 Å². The summed E-state index contributed by atoms with van der Waals surface area (Å²) in [6, 6.07) is 13.8. The number of nitrogens with zero attached hydrogens (tertiary/aromatic N) is 5. The van der Waals surface area contributed by atoms with Gasteiger partial charge in [0.15, 0.2) is 4.90 Å². The second-order valence-corrected chi connectivity index (χ2v) is 9.98. The predicted molar refractivity (Wildman–Crippen MR) is 114 cm³/mol. The van der Waals surface area contributed by atoms with E-state index in [0.717, 1.165) is 9.86 Å². The van der Waals surface area contributed by atoms with E-state index in [9.17, 15) is 13.2 Å². The number of sulfone groups is 1. The lowest BCUT2D eigenvalue weighted by Crippen LogP contribution is -2.35. The molecule has 0 saturated carbocycles. The van der Waals surface area contributed by atoms with Crippen LogP contribution in [0.1, 0.15) is 12.8 Å². The average molecular weight is 490 g/mol. The largest absolute Gasteiger partial charge is 0.604 e. The maximum Gasteiger partial charge on any atom is 0.317 e. The third kappa shape index (κ3) is 3.19. The summed E-state index contributed by atoms with van der Waals surface area (Å²) in [4.78, 5) is 6.79. The predicted octanol–water partition coefficient (Wildman–Crippen LogP) is 4.03. The van der Waals surface area contributed by atoms with E-state index in [0.29, 0.717) is 37.3 Å². The van der Waals surface area contributed by atoms with Gasteiger partial charge >= 0.3 is 5.03 Å². The molecule has 3 heterocycles. The Morgan fingerprint density at radius 1 is 1.10 bits per heavy atom. The van der Waals surface area contributed by atoms with Crippen LogP contribution in [0.5, 0.6) is 0 Å². The third-order valence-electron chi connectivity index (χ3n) is 5.30. The lowest BCUT2D eigenvalue weighted by atomic mass is 10.1. The average Bonchev–Trinajstić information content (AvgIpc) is 3.19. The van der Waals surface area contributed by atoms with E-state index in [1.54, 1.807) is 12.1 Å². The molecule has 7 nitrogen and oxygen atoms in total. The Kier molecular flexibility index (Phi) is 4.79. The Bertz CT molecular complexity index is 1290. The second kappa shape index (κ2) is 7.36. The van der Waals surface area contributed by atoms with Crippen LogP contribution in [0.2, 0.25) is 0 Å². The zero-order valence-electron chi connectivity index (χ0n) is 15.7. The molecule has 1 aliphatic heterocycles. The molecule has 0 N–H and O–H groups in total. The van der Waals surface area contributed by atoms with E-state index in [-0.39, 0.29) is 15.6 Å². The van der Waals surface area contributed by atoms with E-state index < -0.39 is 16.4 Å². The van der Waals surface area contributed by atoms with Crippen molar-refractivity contribution in [2.75, 3.05) is 18.0 Å². The van der Waals surface area contributed by atoms with Crippen LogP contribution in [0.25, 0.3) is 16.6 Å². The van der Waals surface area contributed by atoms with E-state index in [1.165, 1.54) is 16.6 Å². The zero-order valence-corrected chi connectivity index (χ0v) is 18.1. The highest BCUT2D eigenvalue weighted by Gasteiger charge is 2.33. The summed E-state index contributed by atoms with van der Waals surface area (Å²) in [5, 5.41) is 8.70. The maximum absolute atomic E-state index is 13.7.